The fraction of sp³-hybridized carbons (Fsp3) is 0.533. The van der Waals surface area contributed by atoms with Gasteiger partial charge >= 0.3 is 5.97 Å². The van der Waals surface area contributed by atoms with E-state index in [0.29, 0.717) is 0 Å². The first-order valence-corrected chi connectivity index (χ1v) is 9.47. The number of benzene rings is 1. The van der Waals surface area contributed by atoms with Crippen LogP contribution in [-0.4, -0.2) is 50.1 Å². The number of halogens is 1. The molecule has 1 aromatic carbocycles. The molecule has 1 saturated heterocycles. The Morgan fingerprint density at radius 2 is 2.04 bits per heavy atom. The van der Waals surface area contributed by atoms with E-state index >= 15 is 0 Å². The summed E-state index contributed by atoms with van der Waals surface area (Å²) in [5.74, 6) is -1.25. The average molecular weight is 361 g/mol. The van der Waals surface area contributed by atoms with E-state index in [1.165, 1.54) is 12.1 Å². The van der Waals surface area contributed by atoms with Gasteiger partial charge in [0.2, 0.25) is 10.0 Å². The molecule has 1 fully saturated rings. The van der Waals surface area contributed by atoms with E-state index in [4.69, 9.17) is 16.7 Å². The smallest absolute Gasteiger partial charge is 0.337 e. The Balaban J connectivity index is 2.08. The number of nitrogens with one attached hydrogen (secondary N) is 1. The lowest BCUT2D eigenvalue weighted by atomic mass is 10.1. The van der Waals surface area contributed by atoms with Crippen molar-refractivity contribution >= 4 is 27.6 Å². The van der Waals surface area contributed by atoms with Crippen LogP contribution in [0.25, 0.3) is 0 Å². The lowest BCUT2D eigenvalue weighted by Gasteiger charge is -2.31. The summed E-state index contributed by atoms with van der Waals surface area (Å²) in [5, 5.41) is 9.07. The molecule has 0 spiro atoms. The van der Waals surface area contributed by atoms with Gasteiger partial charge in [0.15, 0.2) is 0 Å². The Labute approximate surface area is 141 Å². The molecule has 0 aromatic heterocycles. The SMILES string of the molecule is CCCN1CCC(NS(=O)(=O)c2ccc(Cl)c(C(=O)O)c2)CC1. The van der Waals surface area contributed by atoms with E-state index in [1.807, 2.05) is 0 Å². The predicted octanol–water partition coefficient (Wildman–Crippen LogP) is 2.19. The predicted molar refractivity (Wildman–Crippen MR) is 88.5 cm³/mol. The number of nitrogens with zero attached hydrogens (tertiary/aromatic N) is 1. The van der Waals surface area contributed by atoms with E-state index in [2.05, 4.69) is 16.5 Å². The molecule has 6 nitrogen and oxygen atoms in total. The third-order valence-corrected chi connectivity index (χ3v) is 5.78. The standard InChI is InChI=1S/C15H21ClN2O4S/c1-2-7-18-8-5-11(6-9-18)17-23(21,22)12-3-4-14(16)13(10-12)15(19)20/h3-4,10-11,17H,2,5-9H2,1H3,(H,19,20). The van der Waals surface area contributed by atoms with Crippen molar-refractivity contribution < 1.29 is 18.3 Å². The molecule has 1 aliphatic rings. The summed E-state index contributed by atoms with van der Waals surface area (Å²) < 4.78 is 27.5. The summed E-state index contributed by atoms with van der Waals surface area (Å²) in [5.41, 5.74) is -0.215. The van der Waals surface area contributed by atoms with Crippen LogP contribution < -0.4 is 4.72 Å². The number of sulfonamides is 1. The fourth-order valence-electron chi connectivity index (χ4n) is 2.71. The van der Waals surface area contributed by atoms with E-state index in [9.17, 15) is 13.2 Å². The van der Waals surface area contributed by atoms with Gasteiger partial charge < -0.3 is 10.0 Å². The highest BCUT2D eigenvalue weighted by Crippen LogP contribution is 2.21. The van der Waals surface area contributed by atoms with Crippen LogP contribution in [-0.2, 0) is 10.0 Å². The molecule has 0 unspecified atom stereocenters. The van der Waals surface area contributed by atoms with Crippen LogP contribution in [0.1, 0.15) is 36.5 Å². The number of carbonyl (C=O) groups is 1. The molecule has 8 heteroatoms. The van der Waals surface area contributed by atoms with Gasteiger partial charge in [-0.3, -0.25) is 0 Å². The van der Waals surface area contributed by atoms with Gasteiger partial charge in [-0.25, -0.2) is 17.9 Å². The molecule has 1 aromatic rings. The molecule has 0 amide bonds. The third-order valence-electron chi connectivity index (χ3n) is 3.93. The molecular weight excluding hydrogens is 340 g/mol. The molecule has 0 radical (unpaired) electrons. The Kier molecular flexibility index (Phi) is 6.02. The summed E-state index contributed by atoms with van der Waals surface area (Å²) in [4.78, 5) is 13.3. The van der Waals surface area contributed by atoms with Gasteiger partial charge in [-0.05, 0) is 57.1 Å². The largest absolute Gasteiger partial charge is 0.478 e. The van der Waals surface area contributed by atoms with Crippen molar-refractivity contribution in [1.29, 1.82) is 0 Å². The molecule has 0 aliphatic carbocycles. The molecule has 0 bridgehead atoms. The van der Waals surface area contributed by atoms with Crippen LogP contribution in [0.15, 0.2) is 23.1 Å². The van der Waals surface area contributed by atoms with Gasteiger partial charge in [0.05, 0.1) is 15.5 Å². The van der Waals surface area contributed by atoms with Crippen molar-refractivity contribution in [3.63, 3.8) is 0 Å². The highest BCUT2D eigenvalue weighted by Gasteiger charge is 2.25. The number of carboxylic acids is 1. The quantitative estimate of drug-likeness (QED) is 0.812. The lowest BCUT2D eigenvalue weighted by Crippen LogP contribution is -2.44. The Morgan fingerprint density at radius 1 is 1.39 bits per heavy atom. The first-order chi connectivity index (χ1) is 10.8. The summed E-state index contributed by atoms with van der Waals surface area (Å²) >= 11 is 5.78. The number of carboxylic acid groups (broad SMARTS) is 1. The molecular formula is C15H21ClN2O4S. The number of likely N-dealkylation sites (tertiary alicyclic amines) is 1. The van der Waals surface area contributed by atoms with Gasteiger partial charge in [-0.2, -0.15) is 0 Å². The lowest BCUT2D eigenvalue weighted by molar-refractivity contribution is 0.0697. The zero-order valence-corrected chi connectivity index (χ0v) is 14.5. The van der Waals surface area contributed by atoms with E-state index in [0.717, 1.165) is 45.0 Å². The molecule has 23 heavy (non-hydrogen) atoms. The van der Waals surface area contributed by atoms with Crippen LogP contribution in [0.4, 0.5) is 0 Å². The molecule has 1 heterocycles. The van der Waals surface area contributed by atoms with Crippen LogP contribution in [0.5, 0.6) is 0 Å². The van der Waals surface area contributed by atoms with Crippen molar-refractivity contribution in [2.45, 2.75) is 37.1 Å². The first kappa shape index (κ1) is 18.2. The van der Waals surface area contributed by atoms with Crippen LogP contribution in [0.3, 0.4) is 0 Å². The van der Waals surface area contributed by atoms with Gasteiger partial charge in [-0.1, -0.05) is 18.5 Å². The number of aromatic carboxylic acids is 1. The normalized spacial score (nSPS) is 17.3. The van der Waals surface area contributed by atoms with Crippen molar-refractivity contribution in [2.75, 3.05) is 19.6 Å². The van der Waals surface area contributed by atoms with Crippen LogP contribution in [0, 0.1) is 0 Å². The summed E-state index contributed by atoms with van der Waals surface area (Å²) in [6.07, 6.45) is 2.58. The molecule has 2 N–H and O–H groups in total. The number of piperidine rings is 1. The maximum atomic E-state index is 12.4. The third kappa shape index (κ3) is 4.67. The van der Waals surface area contributed by atoms with E-state index in [1.54, 1.807) is 0 Å². The number of hydrogen-bond donors (Lipinski definition) is 2. The van der Waals surface area contributed by atoms with Crippen molar-refractivity contribution in [2.24, 2.45) is 0 Å². The minimum atomic E-state index is -3.75. The second-order valence-electron chi connectivity index (χ2n) is 5.68. The van der Waals surface area contributed by atoms with Gasteiger partial charge in [0.25, 0.3) is 0 Å². The molecule has 0 atom stereocenters. The first-order valence-electron chi connectivity index (χ1n) is 7.61. The fourth-order valence-corrected chi connectivity index (χ4v) is 4.24. The highest BCUT2D eigenvalue weighted by atomic mass is 35.5. The molecule has 128 valence electrons. The monoisotopic (exact) mass is 360 g/mol. The van der Waals surface area contributed by atoms with Crippen molar-refractivity contribution in [1.82, 2.24) is 9.62 Å². The molecule has 2 rings (SSSR count). The number of hydrogen-bond acceptors (Lipinski definition) is 4. The van der Waals surface area contributed by atoms with E-state index in [-0.39, 0.29) is 21.5 Å². The maximum absolute atomic E-state index is 12.4. The second-order valence-corrected chi connectivity index (χ2v) is 7.81. The Hall–Kier alpha value is -1.15. The zero-order chi connectivity index (χ0) is 17.0. The minimum absolute atomic E-state index is 0.0179. The Morgan fingerprint density at radius 3 is 2.61 bits per heavy atom. The minimum Gasteiger partial charge on any atom is -0.478 e. The topological polar surface area (TPSA) is 86.7 Å². The Bertz CT molecular complexity index is 670. The van der Waals surface area contributed by atoms with Gasteiger partial charge in [0, 0.05) is 6.04 Å². The summed E-state index contributed by atoms with van der Waals surface area (Å²) in [6, 6.07) is 3.59. The average Bonchev–Trinajstić information content (AvgIpc) is 2.49. The van der Waals surface area contributed by atoms with E-state index < -0.39 is 16.0 Å². The van der Waals surface area contributed by atoms with Crippen LogP contribution in [0.2, 0.25) is 5.02 Å². The number of rotatable bonds is 6. The highest BCUT2D eigenvalue weighted by molar-refractivity contribution is 7.89. The van der Waals surface area contributed by atoms with Crippen molar-refractivity contribution in [3.05, 3.63) is 28.8 Å². The van der Waals surface area contributed by atoms with Gasteiger partial charge in [-0.15, -0.1) is 0 Å². The zero-order valence-electron chi connectivity index (χ0n) is 13.0. The second kappa shape index (κ2) is 7.61. The molecule has 0 saturated carbocycles. The summed E-state index contributed by atoms with van der Waals surface area (Å²) in [7, 11) is -3.75. The maximum Gasteiger partial charge on any atom is 0.337 e. The van der Waals surface area contributed by atoms with Gasteiger partial charge in [0.1, 0.15) is 0 Å². The van der Waals surface area contributed by atoms with Crippen molar-refractivity contribution in [3.8, 4) is 0 Å². The summed E-state index contributed by atoms with van der Waals surface area (Å²) in [6.45, 7) is 4.87. The van der Waals surface area contributed by atoms with Crippen LogP contribution >= 0.6 is 11.6 Å². The molecule has 1 aliphatic heterocycles.